The van der Waals surface area contributed by atoms with Crippen LogP contribution in [0.5, 0.6) is 5.75 Å². The molecule has 30 heavy (non-hydrogen) atoms. The van der Waals surface area contributed by atoms with Crippen molar-refractivity contribution in [3.05, 3.63) is 106 Å². The minimum atomic E-state index is -2.93. The lowest BCUT2D eigenvalue weighted by atomic mass is 9.91. The Morgan fingerprint density at radius 3 is 2.33 bits per heavy atom. The van der Waals surface area contributed by atoms with E-state index in [-0.39, 0.29) is 17.2 Å². The van der Waals surface area contributed by atoms with Crippen molar-refractivity contribution in [1.82, 2.24) is 4.40 Å². The zero-order chi connectivity index (χ0) is 21.1. The number of halogens is 2. The van der Waals surface area contributed by atoms with Crippen molar-refractivity contribution in [3.8, 4) is 16.9 Å². The van der Waals surface area contributed by atoms with Gasteiger partial charge in [0, 0.05) is 27.9 Å². The number of ether oxygens (including phenoxy) is 1. The first-order valence-electron chi connectivity index (χ1n) is 9.35. The second-order valence-corrected chi connectivity index (χ2v) is 6.82. The fourth-order valence-electron chi connectivity index (χ4n) is 3.73. The highest BCUT2D eigenvalue weighted by Crippen LogP contribution is 2.36. The fraction of sp³-hybridized carbons (Fsp3) is 0.130. The van der Waals surface area contributed by atoms with Crippen LogP contribution in [0.3, 0.4) is 0 Å². The molecule has 0 aliphatic carbocycles. The van der Waals surface area contributed by atoms with E-state index in [0.29, 0.717) is 5.56 Å². The number of fused-ring (bicyclic) bond motifs is 1. The third kappa shape index (κ3) is 4.00. The summed E-state index contributed by atoms with van der Waals surface area (Å²) >= 11 is 0. The van der Waals surface area contributed by atoms with E-state index < -0.39 is 12.5 Å². The van der Waals surface area contributed by atoms with E-state index >= 15 is 0 Å². The third-order valence-corrected chi connectivity index (χ3v) is 4.97. The topological polar surface area (TPSA) is 56.8 Å². The largest absolute Gasteiger partial charge is 0.435 e. The summed E-state index contributed by atoms with van der Waals surface area (Å²) in [4.78, 5) is 11.2. The van der Waals surface area contributed by atoms with Crippen molar-refractivity contribution in [2.75, 3.05) is 6.54 Å². The van der Waals surface area contributed by atoms with E-state index in [1.807, 2.05) is 65.2 Å². The molecule has 5 nitrogen and oxygen atoms in total. The van der Waals surface area contributed by atoms with Gasteiger partial charge in [0.05, 0.1) is 5.92 Å². The van der Waals surface area contributed by atoms with Crippen LogP contribution in [0.15, 0.2) is 85.1 Å². The Balaban J connectivity index is 1.88. The number of alkyl halides is 2. The van der Waals surface area contributed by atoms with Crippen LogP contribution in [0.25, 0.3) is 16.6 Å². The summed E-state index contributed by atoms with van der Waals surface area (Å²) < 4.78 is 31.3. The molecule has 0 radical (unpaired) electrons. The summed E-state index contributed by atoms with van der Waals surface area (Å²) in [5.74, 6) is -0.572. The Morgan fingerprint density at radius 2 is 1.67 bits per heavy atom. The molecule has 2 aromatic carbocycles. The van der Waals surface area contributed by atoms with Crippen molar-refractivity contribution in [1.29, 1.82) is 0 Å². The smallest absolute Gasteiger partial charge is 0.387 e. The van der Waals surface area contributed by atoms with Gasteiger partial charge in [0.25, 0.3) is 0 Å². The standard InChI is InChI=1S/C23H18F2N2O3/c24-23(25)30-19-11-9-17(10-12-19)21(15-27(28)29)22-20(16-6-2-1-3-7-16)14-18-8-4-5-13-26(18)22/h1-14,21,23H,15H2/t21-/m1/s1. The van der Waals surface area contributed by atoms with Gasteiger partial charge in [-0.1, -0.05) is 48.5 Å². The lowest BCUT2D eigenvalue weighted by molar-refractivity contribution is -0.481. The maximum atomic E-state index is 12.5. The minimum Gasteiger partial charge on any atom is -0.435 e. The molecular formula is C23H18F2N2O3. The molecule has 152 valence electrons. The van der Waals surface area contributed by atoms with Gasteiger partial charge in [-0.25, -0.2) is 0 Å². The van der Waals surface area contributed by atoms with Gasteiger partial charge in [-0.15, -0.1) is 0 Å². The van der Waals surface area contributed by atoms with Crippen LogP contribution in [0.2, 0.25) is 0 Å². The summed E-state index contributed by atoms with van der Waals surface area (Å²) in [5.41, 5.74) is 4.17. The molecule has 4 rings (SSSR count). The number of nitrogens with zero attached hydrogens (tertiary/aromatic N) is 2. The SMILES string of the molecule is O=[N+]([O-])C[C@H](c1ccc(OC(F)F)cc1)c1c(-c2ccccc2)cc2ccccn12. The maximum absolute atomic E-state index is 12.5. The fourth-order valence-corrected chi connectivity index (χ4v) is 3.73. The molecule has 0 aliphatic heterocycles. The van der Waals surface area contributed by atoms with E-state index in [1.165, 1.54) is 12.1 Å². The number of hydrogen-bond donors (Lipinski definition) is 0. The molecule has 0 saturated heterocycles. The molecule has 0 unspecified atom stereocenters. The van der Waals surface area contributed by atoms with E-state index in [2.05, 4.69) is 4.74 Å². The lowest BCUT2D eigenvalue weighted by Crippen LogP contribution is -2.16. The summed E-state index contributed by atoms with van der Waals surface area (Å²) in [6, 6.07) is 23.4. The lowest BCUT2D eigenvalue weighted by Gasteiger charge is -2.17. The molecule has 1 atom stereocenters. The predicted molar refractivity (Wildman–Crippen MR) is 110 cm³/mol. The van der Waals surface area contributed by atoms with Crippen LogP contribution in [0.1, 0.15) is 17.2 Å². The highest BCUT2D eigenvalue weighted by Gasteiger charge is 2.27. The molecule has 0 bridgehead atoms. The van der Waals surface area contributed by atoms with Gasteiger partial charge in [-0.2, -0.15) is 8.78 Å². The second kappa shape index (κ2) is 8.32. The molecule has 0 amide bonds. The van der Waals surface area contributed by atoms with Gasteiger partial charge in [0.2, 0.25) is 6.54 Å². The third-order valence-electron chi connectivity index (χ3n) is 4.97. The van der Waals surface area contributed by atoms with E-state index in [0.717, 1.165) is 22.3 Å². The molecule has 0 fully saturated rings. The normalized spacial score (nSPS) is 12.2. The van der Waals surface area contributed by atoms with Gasteiger partial charge < -0.3 is 9.14 Å². The number of hydrogen-bond acceptors (Lipinski definition) is 3. The van der Waals surface area contributed by atoms with Crippen LogP contribution in [0, 0.1) is 10.1 Å². The summed E-state index contributed by atoms with van der Waals surface area (Å²) in [5, 5.41) is 11.5. The quantitative estimate of drug-likeness (QED) is 0.295. The van der Waals surface area contributed by atoms with Crippen molar-refractivity contribution in [3.63, 3.8) is 0 Å². The number of aromatic nitrogens is 1. The minimum absolute atomic E-state index is 0.0110. The molecule has 2 aromatic heterocycles. The first kappa shape index (κ1) is 19.6. The first-order valence-corrected chi connectivity index (χ1v) is 9.35. The average molecular weight is 408 g/mol. The molecule has 4 aromatic rings. The number of rotatable bonds is 7. The molecule has 0 spiro atoms. The molecule has 2 heterocycles. The Bertz CT molecular complexity index is 1160. The van der Waals surface area contributed by atoms with Crippen LogP contribution in [0.4, 0.5) is 8.78 Å². The van der Waals surface area contributed by atoms with Crippen LogP contribution in [-0.4, -0.2) is 22.5 Å². The van der Waals surface area contributed by atoms with E-state index in [1.54, 1.807) is 12.1 Å². The Labute approximate surface area is 171 Å². The highest BCUT2D eigenvalue weighted by molar-refractivity contribution is 5.75. The van der Waals surface area contributed by atoms with E-state index in [9.17, 15) is 18.9 Å². The molecule has 0 aliphatic rings. The first-order chi connectivity index (χ1) is 14.5. The zero-order valence-corrected chi connectivity index (χ0v) is 15.8. The van der Waals surface area contributed by atoms with Gasteiger partial charge in [-0.3, -0.25) is 10.1 Å². The predicted octanol–water partition coefficient (Wildman–Crippen LogP) is 5.62. The van der Waals surface area contributed by atoms with Crippen LogP contribution < -0.4 is 4.74 Å². The van der Waals surface area contributed by atoms with Gasteiger partial charge in [-0.05, 0) is 41.5 Å². The Morgan fingerprint density at radius 1 is 0.967 bits per heavy atom. The van der Waals surface area contributed by atoms with Crippen LogP contribution >= 0.6 is 0 Å². The summed E-state index contributed by atoms with van der Waals surface area (Å²) in [6.07, 6.45) is 1.87. The van der Waals surface area contributed by atoms with Crippen LogP contribution in [-0.2, 0) is 0 Å². The summed E-state index contributed by atoms with van der Waals surface area (Å²) in [7, 11) is 0. The molecule has 7 heteroatoms. The number of nitro groups is 1. The highest BCUT2D eigenvalue weighted by atomic mass is 19.3. The molecule has 0 N–H and O–H groups in total. The Kier molecular flexibility index (Phi) is 5.43. The van der Waals surface area contributed by atoms with Gasteiger partial charge in [0.1, 0.15) is 5.75 Å². The van der Waals surface area contributed by atoms with Crippen molar-refractivity contribution in [2.24, 2.45) is 0 Å². The van der Waals surface area contributed by atoms with Crippen molar-refractivity contribution in [2.45, 2.75) is 12.5 Å². The Hall–Kier alpha value is -3.74. The zero-order valence-electron chi connectivity index (χ0n) is 15.8. The second-order valence-electron chi connectivity index (χ2n) is 6.82. The van der Waals surface area contributed by atoms with Gasteiger partial charge in [0.15, 0.2) is 0 Å². The van der Waals surface area contributed by atoms with Crippen molar-refractivity contribution >= 4 is 5.52 Å². The molecular weight excluding hydrogens is 390 g/mol. The number of benzene rings is 2. The average Bonchev–Trinajstić information content (AvgIpc) is 3.12. The molecule has 0 saturated carbocycles. The maximum Gasteiger partial charge on any atom is 0.387 e. The monoisotopic (exact) mass is 408 g/mol. The number of pyridine rings is 1. The van der Waals surface area contributed by atoms with E-state index in [4.69, 9.17) is 0 Å². The van der Waals surface area contributed by atoms with Crippen molar-refractivity contribution < 1.29 is 18.4 Å². The summed E-state index contributed by atoms with van der Waals surface area (Å²) in [6.45, 7) is -3.26. The van der Waals surface area contributed by atoms with Gasteiger partial charge >= 0.3 is 6.61 Å².